The number of benzene rings is 1. The van der Waals surface area contributed by atoms with Gasteiger partial charge in [-0.15, -0.1) is 0 Å². The van der Waals surface area contributed by atoms with Crippen LogP contribution in [-0.4, -0.2) is 19.0 Å². The summed E-state index contributed by atoms with van der Waals surface area (Å²) in [5.74, 6) is 1.23. The molecule has 0 spiro atoms. The quantitative estimate of drug-likeness (QED) is 0.480. The molecule has 0 aliphatic heterocycles. The van der Waals surface area contributed by atoms with Gasteiger partial charge in [-0.1, -0.05) is 31.4 Å². The first kappa shape index (κ1) is 16.8. The Bertz CT molecular complexity index is 444. The van der Waals surface area contributed by atoms with Crippen LogP contribution in [0.3, 0.4) is 0 Å². The third-order valence-corrected chi connectivity index (χ3v) is 3.25. The highest BCUT2D eigenvalue weighted by Gasteiger charge is 2.16. The van der Waals surface area contributed by atoms with Gasteiger partial charge < -0.3 is 9.47 Å². The molecule has 1 aromatic carbocycles. The Balaban J connectivity index is 2.95. The number of carbonyl (C=O) groups excluding carboxylic acids is 1. The summed E-state index contributed by atoms with van der Waals surface area (Å²) in [4.78, 5) is 12.2. The van der Waals surface area contributed by atoms with Crippen LogP contribution in [0.5, 0.6) is 11.5 Å². The Kier molecular flexibility index (Phi) is 7.45. The fourth-order valence-electron chi connectivity index (χ4n) is 1.96. The topological polar surface area (TPSA) is 35.5 Å². The lowest BCUT2D eigenvalue weighted by atomic mass is 10.0. The Morgan fingerprint density at radius 2 is 1.65 bits per heavy atom. The molecule has 0 fully saturated rings. The molecule has 0 heterocycles. The van der Waals surface area contributed by atoms with Crippen molar-refractivity contribution in [2.45, 2.75) is 46.5 Å². The van der Waals surface area contributed by atoms with Gasteiger partial charge in [0.1, 0.15) is 0 Å². The lowest BCUT2D eigenvalue weighted by Gasteiger charge is -2.13. The van der Waals surface area contributed by atoms with E-state index in [2.05, 4.69) is 6.92 Å². The second-order valence-electron chi connectivity index (χ2n) is 4.53. The summed E-state index contributed by atoms with van der Waals surface area (Å²) in [5, 5.41) is 0.429. The molecule has 4 heteroatoms. The van der Waals surface area contributed by atoms with Gasteiger partial charge in [0.15, 0.2) is 17.3 Å². The molecule has 112 valence electrons. The Labute approximate surface area is 126 Å². The van der Waals surface area contributed by atoms with Gasteiger partial charge in [-0.05, 0) is 26.3 Å². The number of ether oxygens (including phenoxy) is 2. The van der Waals surface area contributed by atoms with Gasteiger partial charge in [-0.25, -0.2) is 0 Å². The predicted octanol–water partition coefficient (Wildman–Crippen LogP) is 4.90. The zero-order valence-electron chi connectivity index (χ0n) is 12.5. The van der Waals surface area contributed by atoms with Gasteiger partial charge in [0, 0.05) is 18.1 Å². The summed E-state index contributed by atoms with van der Waals surface area (Å²) in [5.41, 5.74) is 0.523. The van der Waals surface area contributed by atoms with Gasteiger partial charge in [0.2, 0.25) is 0 Å². The van der Waals surface area contributed by atoms with Crippen LogP contribution in [0.2, 0.25) is 5.02 Å². The smallest absolute Gasteiger partial charge is 0.164 e. The molecule has 3 nitrogen and oxygen atoms in total. The molecule has 0 radical (unpaired) electrons. The average molecular weight is 299 g/mol. The summed E-state index contributed by atoms with van der Waals surface area (Å²) < 4.78 is 11.0. The molecule has 0 bridgehead atoms. The SMILES string of the molecule is CCCCCC(=O)c1cc(OCC)c(OCC)cc1Cl. The maximum absolute atomic E-state index is 12.2. The van der Waals surface area contributed by atoms with E-state index in [1.54, 1.807) is 12.1 Å². The van der Waals surface area contributed by atoms with Crippen molar-refractivity contribution in [1.29, 1.82) is 0 Å². The van der Waals surface area contributed by atoms with Crippen LogP contribution in [0.4, 0.5) is 0 Å². The molecule has 0 saturated heterocycles. The molecular formula is C16H23ClO3. The number of unbranched alkanes of at least 4 members (excludes halogenated alkanes) is 2. The Morgan fingerprint density at radius 1 is 1.05 bits per heavy atom. The number of ketones is 1. The maximum atomic E-state index is 12.2. The third kappa shape index (κ3) is 4.71. The van der Waals surface area contributed by atoms with Crippen LogP contribution in [0.1, 0.15) is 56.8 Å². The fourth-order valence-corrected chi connectivity index (χ4v) is 2.21. The zero-order chi connectivity index (χ0) is 15.0. The molecule has 0 atom stereocenters. The number of rotatable bonds is 9. The van der Waals surface area contributed by atoms with Crippen molar-refractivity contribution in [2.75, 3.05) is 13.2 Å². The van der Waals surface area contributed by atoms with E-state index in [9.17, 15) is 4.79 Å². The largest absolute Gasteiger partial charge is 0.490 e. The molecule has 0 saturated carbocycles. The number of hydrogen-bond acceptors (Lipinski definition) is 3. The molecule has 0 aromatic heterocycles. The second-order valence-corrected chi connectivity index (χ2v) is 4.93. The Morgan fingerprint density at radius 3 is 2.20 bits per heavy atom. The van der Waals surface area contributed by atoms with Gasteiger partial charge in [-0.3, -0.25) is 4.79 Å². The zero-order valence-corrected chi connectivity index (χ0v) is 13.3. The van der Waals surface area contributed by atoms with E-state index in [-0.39, 0.29) is 5.78 Å². The lowest BCUT2D eigenvalue weighted by molar-refractivity contribution is 0.0979. The minimum Gasteiger partial charge on any atom is -0.490 e. The normalized spacial score (nSPS) is 10.4. The van der Waals surface area contributed by atoms with E-state index < -0.39 is 0 Å². The molecule has 0 unspecified atom stereocenters. The van der Waals surface area contributed by atoms with Crippen LogP contribution in [0.15, 0.2) is 12.1 Å². The molecule has 0 amide bonds. The van der Waals surface area contributed by atoms with Crippen molar-refractivity contribution in [1.82, 2.24) is 0 Å². The van der Waals surface area contributed by atoms with Crippen LogP contribution in [0, 0.1) is 0 Å². The van der Waals surface area contributed by atoms with Crippen molar-refractivity contribution < 1.29 is 14.3 Å². The molecule has 1 aromatic rings. The number of carbonyl (C=O) groups is 1. The first-order valence-corrected chi connectivity index (χ1v) is 7.64. The van der Waals surface area contributed by atoms with E-state index in [4.69, 9.17) is 21.1 Å². The average Bonchev–Trinajstić information content (AvgIpc) is 2.42. The van der Waals surface area contributed by atoms with E-state index in [1.165, 1.54) is 0 Å². The molecule has 0 aliphatic carbocycles. The first-order valence-electron chi connectivity index (χ1n) is 7.26. The van der Waals surface area contributed by atoms with Gasteiger partial charge in [-0.2, -0.15) is 0 Å². The fraction of sp³-hybridized carbons (Fsp3) is 0.562. The van der Waals surface area contributed by atoms with E-state index in [0.717, 1.165) is 19.3 Å². The first-order chi connectivity index (χ1) is 9.63. The van der Waals surface area contributed by atoms with Crippen molar-refractivity contribution in [3.8, 4) is 11.5 Å². The molecule has 20 heavy (non-hydrogen) atoms. The van der Waals surface area contributed by atoms with Crippen LogP contribution >= 0.6 is 11.6 Å². The molecule has 1 rings (SSSR count). The van der Waals surface area contributed by atoms with Crippen molar-refractivity contribution in [3.05, 3.63) is 22.7 Å². The maximum Gasteiger partial charge on any atom is 0.164 e. The number of hydrogen-bond donors (Lipinski definition) is 0. The highest BCUT2D eigenvalue weighted by molar-refractivity contribution is 6.34. The number of halogens is 1. The summed E-state index contributed by atoms with van der Waals surface area (Å²) in [6.45, 7) is 6.95. The second kappa shape index (κ2) is 8.85. The lowest BCUT2D eigenvalue weighted by Crippen LogP contribution is -2.04. The minimum absolute atomic E-state index is 0.0625. The number of Topliss-reactive ketones (excluding diaryl/α,β-unsaturated/α-hetero) is 1. The van der Waals surface area contributed by atoms with Crippen molar-refractivity contribution in [3.63, 3.8) is 0 Å². The highest BCUT2D eigenvalue weighted by Crippen LogP contribution is 2.34. The predicted molar refractivity (Wildman–Crippen MR) is 82.3 cm³/mol. The summed E-state index contributed by atoms with van der Waals surface area (Å²) >= 11 is 6.19. The van der Waals surface area contributed by atoms with Crippen LogP contribution < -0.4 is 9.47 Å². The molecule has 0 N–H and O–H groups in total. The van der Waals surface area contributed by atoms with Crippen LogP contribution in [0.25, 0.3) is 0 Å². The van der Waals surface area contributed by atoms with Crippen molar-refractivity contribution >= 4 is 17.4 Å². The van der Waals surface area contributed by atoms with Gasteiger partial charge >= 0.3 is 0 Å². The standard InChI is InChI=1S/C16H23ClO3/c1-4-7-8-9-14(18)12-10-15(19-5-2)16(20-6-3)11-13(12)17/h10-11H,4-9H2,1-3H3. The van der Waals surface area contributed by atoms with Gasteiger partial charge in [0.05, 0.1) is 18.2 Å². The van der Waals surface area contributed by atoms with E-state index in [1.807, 2.05) is 13.8 Å². The van der Waals surface area contributed by atoms with E-state index >= 15 is 0 Å². The van der Waals surface area contributed by atoms with Gasteiger partial charge in [0.25, 0.3) is 0 Å². The van der Waals surface area contributed by atoms with E-state index in [0.29, 0.717) is 41.7 Å². The third-order valence-electron chi connectivity index (χ3n) is 2.94. The minimum atomic E-state index is 0.0625. The monoisotopic (exact) mass is 298 g/mol. The van der Waals surface area contributed by atoms with Crippen molar-refractivity contribution in [2.24, 2.45) is 0 Å². The summed E-state index contributed by atoms with van der Waals surface area (Å²) in [6, 6.07) is 3.37. The molecular weight excluding hydrogens is 276 g/mol. The summed E-state index contributed by atoms with van der Waals surface area (Å²) in [7, 11) is 0. The molecule has 0 aliphatic rings. The Hall–Kier alpha value is -1.22. The highest BCUT2D eigenvalue weighted by atomic mass is 35.5. The van der Waals surface area contributed by atoms with Crippen LogP contribution in [-0.2, 0) is 0 Å². The summed E-state index contributed by atoms with van der Waals surface area (Å²) in [6.07, 6.45) is 3.56.